The largest absolute Gasteiger partial charge is 0.257 e. The predicted octanol–water partition coefficient (Wildman–Crippen LogP) is -0.887. The van der Waals surface area contributed by atoms with Gasteiger partial charge in [0.1, 0.15) is 12.7 Å². The molecule has 0 fully saturated rings. The Kier molecular flexibility index (Phi) is 0.970. The third kappa shape index (κ3) is 0.661. The third-order valence-corrected chi connectivity index (χ3v) is 1.01. The molecule has 1 radical (unpaired) electrons. The quantitative estimate of drug-likeness (QED) is 0.542. The maximum atomic E-state index is 3.83. The van der Waals surface area contributed by atoms with Crippen molar-refractivity contribution in [2.75, 3.05) is 0 Å². The highest BCUT2D eigenvalue weighted by atomic mass is 15.4. The highest BCUT2D eigenvalue weighted by Crippen LogP contribution is 1.94. The summed E-state index contributed by atoms with van der Waals surface area (Å²) >= 11 is 0. The molecule has 0 unspecified atom stereocenters. The van der Waals surface area contributed by atoms with Crippen molar-refractivity contribution in [1.29, 1.82) is 0 Å². The first-order valence-electron chi connectivity index (χ1n) is 2.63. The number of aromatic amines is 1. The van der Waals surface area contributed by atoms with E-state index in [2.05, 4.69) is 30.7 Å². The molecule has 0 aromatic carbocycles. The van der Waals surface area contributed by atoms with E-state index in [4.69, 9.17) is 0 Å². The van der Waals surface area contributed by atoms with Crippen molar-refractivity contribution in [2.45, 2.75) is 0 Å². The van der Waals surface area contributed by atoms with Crippen LogP contribution in [0.15, 0.2) is 16.4 Å². The lowest BCUT2D eigenvalue weighted by Crippen LogP contribution is -1.96. The number of aliphatic imine (C=N–C) groups is 1. The first-order chi connectivity index (χ1) is 4.97. The third-order valence-electron chi connectivity index (χ3n) is 1.01. The molecule has 10 heavy (non-hydrogen) atoms. The number of aromatic nitrogens is 3. The van der Waals surface area contributed by atoms with Crippen LogP contribution in [0.3, 0.4) is 0 Å². The minimum Gasteiger partial charge on any atom is -0.257 e. The van der Waals surface area contributed by atoms with E-state index in [1.54, 1.807) is 0 Å². The van der Waals surface area contributed by atoms with E-state index in [9.17, 15) is 0 Å². The molecule has 0 saturated heterocycles. The first-order valence-corrected chi connectivity index (χ1v) is 2.63. The zero-order chi connectivity index (χ0) is 6.81. The van der Waals surface area contributed by atoms with Gasteiger partial charge in [0.2, 0.25) is 5.84 Å². The van der Waals surface area contributed by atoms with Crippen LogP contribution in [0.4, 0.5) is 0 Å². The number of amidine groups is 1. The van der Waals surface area contributed by atoms with Crippen LogP contribution in [-0.2, 0) is 0 Å². The van der Waals surface area contributed by atoms with Gasteiger partial charge in [0.15, 0.2) is 5.82 Å². The van der Waals surface area contributed by atoms with Gasteiger partial charge < -0.3 is 0 Å². The summed E-state index contributed by atoms with van der Waals surface area (Å²) in [5.41, 5.74) is 3.53. The topological polar surface area (TPSA) is 80.4 Å². The minimum absolute atomic E-state index is 0.470. The van der Waals surface area contributed by atoms with Crippen LogP contribution < -0.4 is 5.43 Å². The molecule has 0 amide bonds. The van der Waals surface area contributed by atoms with Gasteiger partial charge in [0, 0.05) is 0 Å². The van der Waals surface area contributed by atoms with Crippen molar-refractivity contribution in [3.05, 3.63) is 12.2 Å². The van der Waals surface area contributed by atoms with Crippen molar-refractivity contribution in [3.8, 4) is 0 Å². The summed E-state index contributed by atoms with van der Waals surface area (Å²) < 4.78 is 0. The predicted molar refractivity (Wildman–Crippen MR) is 33.5 cm³/mol. The molecule has 0 saturated carbocycles. The van der Waals surface area contributed by atoms with Gasteiger partial charge in [0.25, 0.3) is 0 Å². The number of nitrogens with zero attached hydrogens (tertiary/aromatic N) is 5. The maximum Gasteiger partial charge on any atom is 0.220 e. The fraction of sp³-hybridized carbons (Fsp3) is 0. The SMILES string of the molecule is C1=NC(c2ncn[nH]2)=N[N]1. The molecule has 0 spiro atoms. The van der Waals surface area contributed by atoms with Crippen molar-refractivity contribution in [3.63, 3.8) is 0 Å². The molecule has 1 aliphatic rings. The molecule has 49 valence electrons. The van der Waals surface area contributed by atoms with E-state index >= 15 is 0 Å². The zero-order valence-electron chi connectivity index (χ0n) is 4.89. The normalized spacial score (nSPS) is 15.0. The van der Waals surface area contributed by atoms with E-state index in [0.29, 0.717) is 11.7 Å². The van der Waals surface area contributed by atoms with Crippen LogP contribution in [-0.4, -0.2) is 27.4 Å². The summed E-state index contributed by atoms with van der Waals surface area (Å²) in [6, 6.07) is 0. The van der Waals surface area contributed by atoms with Crippen LogP contribution in [0, 0.1) is 0 Å². The number of rotatable bonds is 1. The average Bonchev–Trinajstić information content (AvgIpc) is 2.59. The number of hydrogen-bond donors (Lipinski definition) is 1. The molecule has 0 aliphatic carbocycles. The smallest absolute Gasteiger partial charge is 0.220 e. The second kappa shape index (κ2) is 1.90. The van der Waals surface area contributed by atoms with Crippen LogP contribution >= 0.6 is 0 Å². The van der Waals surface area contributed by atoms with Gasteiger partial charge in [-0.1, -0.05) is 0 Å². The Morgan fingerprint density at radius 3 is 3.00 bits per heavy atom. The minimum atomic E-state index is 0.470. The van der Waals surface area contributed by atoms with Gasteiger partial charge in [-0.15, -0.1) is 10.5 Å². The second-order valence-electron chi connectivity index (χ2n) is 1.62. The van der Waals surface area contributed by atoms with Crippen LogP contribution in [0.1, 0.15) is 5.82 Å². The summed E-state index contributed by atoms with van der Waals surface area (Å²) in [6.45, 7) is 0. The van der Waals surface area contributed by atoms with E-state index < -0.39 is 0 Å². The summed E-state index contributed by atoms with van der Waals surface area (Å²) in [5.74, 6) is 1.01. The molecule has 6 heteroatoms. The molecule has 2 heterocycles. The van der Waals surface area contributed by atoms with Crippen molar-refractivity contribution in [1.82, 2.24) is 20.6 Å². The molecule has 2 rings (SSSR count). The molecule has 6 nitrogen and oxygen atoms in total. The van der Waals surface area contributed by atoms with Gasteiger partial charge in [0.05, 0.1) is 0 Å². The Bertz CT molecular complexity index is 270. The molecular formula is C4H3N6. The standard InChI is InChI=1S/C4H3N6/c1-5-3(9-7-1)4-6-2-8-10-4/h1-2H,(H,5,7,9). The van der Waals surface area contributed by atoms with Crippen molar-refractivity contribution >= 4 is 12.2 Å². The first kappa shape index (κ1) is 5.10. The second-order valence-corrected chi connectivity index (χ2v) is 1.62. The van der Waals surface area contributed by atoms with Crippen molar-refractivity contribution in [2.24, 2.45) is 10.1 Å². The van der Waals surface area contributed by atoms with Gasteiger partial charge in [-0.25, -0.2) is 9.98 Å². The zero-order valence-corrected chi connectivity index (χ0v) is 4.89. The lowest BCUT2D eigenvalue weighted by atomic mass is 10.6. The lowest BCUT2D eigenvalue weighted by Gasteiger charge is -1.83. The van der Waals surface area contributed by atoms with E-state index in [-0.39, 0.29) is 0 Å². The monoisotopic (exact) mass is 135 g/mol. The Balaban J connectivity index is 2.36. The van der Waals surface area contributed by atoms with E-state index in [1.807, 2.05) is 0 Å². The van der Waals surface area contributed by atoms with E-state index in [1.165, 1.54) is 12.7 Å². The van der Waals surface area contributed by atoms with E-state index in [0.717, 1.165) is 0 Å². The van der Waals surface area contributed by atoms with Crippen LogP contribution in [0.5, 0.6) is 0 Å². The van der Waals surface area contributed by atoms with Gasteiger partial charge in [-0.3, -0.25) is 5.10 Å². The van der Waals surface area contributed by atoms with Crippen LogP contribution in [0.2, 0.25) is 0 Å². The molecule has 0 bridgehead atoms. The molecule has 1 aromatic rings. The van der Waals surface area contributed by atoms with Gasteiger partial charge >= 0.3 is 0 Å². The Morgan fingerprint density at radius 1 is 1.40 bits per heavy atom. The summed E-state index contributed by atoms with van der Waals surface area (Å²) in [5, 5.41) is 9.91. The molecule has 1 aromatic heterocycles. The lowest BCUT2D eigenvalue weighted by molar-refractivity contribution is 1.04. The molecule has 0 atom stereocenters. The number of nitrogens with one attached hydrogen (secondary N) is 1. The number of hydrogen-bond acceptors (Lipinski definition) is 4. The Labute approximate surface area is 56.1 Å². The highest BCUT2D eigenvalue weighted by Gasteiger charge is 2.07. The van der Waals surface area contributed by atoms with Crippen LogP contribution in [0.25, 0.3) is 0 Å². The number of H-pyrrole nitrogens is 1. The Morgan fingerprint density at radius 2 is 2.40 bits per heavy atom. The Hall–Kier alpha value is -1.72. The maximum absolute atomic E-state index is 3.83. The molecule has 1 aliphatic heterocycles. The average molecular weight is 135 g/mol. The summed E-state index contributed by atoms with van der Waals surface area (Å²) in [6.07, 6.45) is 2.75. The van der Waals surface area contributed by atoms with Crippen molar-refractivity contribution < 1.29 is 0 Å². The summed E-state index contributed by atoms with van der Waals surface area (Å²) in [4.78, 5) is 7.63. The fourth-order valence-electron chi connectivity index (χ4n) is 0.609. The molecule has 1 N–H and O–H groups in total. The highest BCUT2D eigenvalue weighted by molar-refractivity contribution is 6.02. The van der Waals surface area contributed by atoms with Gasteiger partial charge in [-0.05, 0) is 0 Å². The molecular weight excluding hydrogens is 132 g/mol. The van der Waals surface area contributed by atoms with Gasteiger partial charge in [-0.2, -0.15) is 5.10 Å². The summed E-state index contributed by atoms with van der Waals surface area (Å²) in [7, 11) is 0. The fourth-order valence-corrected chi connectivity index (χ4v) is 0.609.